The second-order valence-corrected chi connectivity index (χ2v) is 6.44. The predicted octanol–water partition coefficient (Wildman–Crippen LogP) is 4.51. The highest BCUT2D eigenvalue weighted by molar-refractivity contribution is 7.80. The highest BCUT2D eigenvalue weighted by Gasteiger charge is 2.10. The molecule has 1 amide bonds. The fourth-order valence-corrected chi connectivity index (χ4v) is 2.77. The average molecular weight is 383 g/mol. The molecular formula is C20H21N3O3S. The SMILES string of the molecule is CCCCC(=O)NC(=S)Nc1ccc(-c2nc3cc(OC)ccc3o2)cc1. The predicted molar refractivity (Wildman–Crippen MR) is 110 cm³/mol. The third kappa shape index (κ3) is 4.83. The van der Waals surface area contributed by atoms with Crippen LogP contribution in [-0.2, 0) is 4.79 Å². The molecule has 7 heteroatoms. The maximum Gasteiger partial charge on any atom is 0.227 e. The molecule has 6 nitrogen and oxygen atoms in total. The average Bonchev–Trinajstić information content (AvgIpc) is 3.09. The van der Waals surface area contributed by atoms with Crippen molar-refractivity contribution < 1.29 is 13.9 Å². The van der Waals surface area contributed by atoms with Crippen LogP contribution in [0.15, 0.2) is 46.9 Å². The van der Waals surface area contributed by atoms with Gasteiger partial charge in [-0.15, -0.1) is 0 Å². The normalized spacial score (nSPS) is 10.6. The molecule has 3 rings (SSSR count). The molecule has 0 aliphatic rings. The van der Waals surface area contributed by atoms with Crippen LogP contribution in [0.3, 0.4) is 0 Å². The topological polar surface area (TPSA) is 76.4 Å². The van der Waals surface area contributed by atoms with Crippen molar-refractivity contribution in [2.24, 2.45) is 0 Å². The minimum absolute atomic E-state index is 0.0760. The van der Waals surface area contributed by atoms with E-state index in [0.717, 1.165) is 35.4 Å². The van der Waals surface area contributed by atoms with Gasteiger partial charge in [0.05, 0.1) is 7.11 Å². The van der Waals surface area contributed by atoms with E-state index >= 15 is 0 Å². The molecule has 27 heavy (non-hydrogen) atoms. The summed E-state index contributed by atoms with van der Waals surface area (Å²) in [5.41, 5.74) is 3.05. The molecule has 0 aliphatic carbocycles. The number of anilines is 1. The maximum atomic E-state index is 11.7. The number of carbonyl (C=O) groups is 1. The molecule has 0 atom stereocenters. The number of hydrogen-bond donors (Lipinski definition) is 2. The van der Waals surface area contributed by atoms with E-state index in [9.17, 15) is 4.79 Å². The molecule has 3 aromatic rings. The van der Waals surface area contributed by atoms with Gasteiger partial charge in [-0.05, 0) is 55.0 Å². The van der Waals surface area contributed by atoms with Crippen molar-refractivity contribution >= 4 is 40.0 Å². The van der Waals surface area contributed by atoms with Gasteiger partial charge in [0.25, 0.3) is 0 Å². The molecule has 2 aromatic carbocycles. The van der Waals surface area contributed by atoms with E-state index in [-0.39, 0.29) is 11.0 Å². The van der Waals surface area contributed by atoms with E-state index < -0.39 is 0 Å². The molecule has 0 saturated heterocycles. The number of benzene rings is 2. The van der Waals surface area contributed by atoms with Crippen LogP contribution >= 0.6 is 12.2 Å². The van der Waals surface area contributed by atoms with Gasteiger partial charge in [0, 0.05) is 23.7 Å². The zero-order chi connectivity index (χ0) is 19.2. The fraction of sp³-hybridized carbons (Fsp3) is 0.250. The molecule has 0 bridgehead atoms. The van der Waals surface area contributed by atoms with Gasteiger partial charge in [0.15, 0.2) is 10.7 Å². The fourth-order valence-electron chi connectivity index (χ4n) is 2.54. The summed E-state index contributed by atoms with van der Waals surface area (Å²) in [6.45, 7) is 2.04. The number of nitrogens with one attached hydrogen (secondary N) is 2. The first kappa shape index (κ1) is 18.8. The van der Waals surface area contributed by atoms with Crippen LogP contribution in [0.2, 0.25) is 0 Å². The number of nitrogens with zero attached hydrogens (tertiary/aromatic N) is 1. The van der Waals surface area contributed by atoms with Crippen LogP contribution in [0, 0.1) is 0 Å². The number of unbranched alkanes of at least 4 members (excludes halogenated alkanes) is 1. The third-order valence-corrected chi connectivity index (χ3v) is 4.20. The van der Waals surface area contributed by atoms with Crippen LogP contribution < -0.4 is 15.4 Å². The lowest BCUT2D eigenvalue weighted by molar-refractivity contribution is -0.119. The summed E-state index contributed by atoms with van der Waals surface area (Å²) in [6.07, 6.45) is 2.29. The number of oxazole rings is 1. The van der Waals surface area contributed by atoms with E-state index in [4.69, 9.17) is 21.4 Å². The summed E-state index contributed by atoms with van der Waals surface area (Å²) in [4.78, 5) is 16.2. The summed E-state index contributed by atoms with van der Waals surface area (Å²) in [6, 6.07) is 13.0. The quantitative estimate of drug-likeness (QED) is 0.610. The Morgan fingerprint density at radius 1 is 1.22 bits per heavy atom. The number of fused-ring (bicyclic) bond motifs is 1. The van der Waals surface area contributed by atoms with Crippen molar-refractivity contribution in [3.05, 3.63) is 42.5 Å². The number of thiocarbonyl (C=S) groups is 1. The van der Waals surface area contributed by atoms with Crippen LogP contribution in [0.4, 0.5) is 5.69 Å². The Balaban J connectivity index is 1.66. The lowest BCUT2D eigenvalue weighted by atomic mass is 10.2. The lowest BCUT2D eigenvalue weighted by Crippen LogP contribution is -2.33. The number of ether oxygens (including phenoxy) is 1. The first-order chi connectivity index (χ1) is 13.1. The first-order valence-electron chi connectivity index (χ1n) is 8.75. The van der Waals surface area contributed by atoms with Crippen molar-refractivity contribution in [2.75, 3.05) is 12.4 Å². The number of rotatable bonds is 6. The molecule has 0 unspecified atom stereocenters. The Hall–Kier alpha value is -2.93. The van der Waals surface area contributed by atoms with Gasteiger partial charge in [-0.3, -0.25) is 4.79 Å². The molecule has 0 spiro atoms. The minimum Gasteiger partial charge on any atom is -0.497 e. The maximum absolute atomic E-state index is 11.7. The van der Waals surface area contributed by atoms with E-state index in [1.54, 1.807) is 7.11 Å². The van der Waals surface area contributed by atoms with Gasteiger partial charge in [0.2, 0.25) is 11.8 Å². The van der Waals surface area contributed by atoms with Gasteiger partial charge in [-0.1, -0.05) is 13.3 Å². The molecule has 2 N–H and O–H groups in total. The van der Waals surface area contributed by atoms with Crippen molar-refractivity contribution in [3.63, 3.8) is 0 Å². The van der Waals surface area contributed by atoms with Crippen LogP contribution in [-0.4, -0.2) is 23.1 Å². The molecule has 0 radical (unpaired) electrons. The Labute approximate surface area is 162 Å². The van der Waals surface area contributed by atoms with Gasteiger partial charge < -0.3 is 19.8 Å². The van der Waals surface area contributed by atoms with E-state index in [1.807, 2.05) is 49.4 Å². The summed E-state index contributed by atoms with van der Waals surface area (Å²) >= 11 is 5.17. The molecule has 1 heterocycles. The standard InChI is InChI=1S/C20H21N3O3S/c1-3-4-5-18(24)23-20(27)21-14-8-6-13(7-9-14)19-22-16-12-15(25-2)10-11-17(16)26-19/h6-12H,3-5H2,1-2H3,(H2,21,23,24,27). The monoisotopic (exact) mass is 383 g/mol. The smallest absolute Gasteiger partial charge is 0.227 e. The summed E-state index contributed by atoms with van der Waals surface area (Å²) in [7, 11) is 1.62. The Morgan fingerprint density at radius 3 is 2.70 bits per heavy atom. The van der Waals surface area contributed by atoms with Crippen molar-refractivity contribution in [1.29, 1.82) is 0 Å². The van der Waals surface area contributed by atoms with Crippen molar-refractivity contribution in [1.82, 2.24) is 10.3 Å². The van der Waals surface area contributed by atoms with E-state index in [2.05, 4.69) is 15.6 Å². The Kier molecular flexibility index (Phi) is 6.03. The molecule has 0 aliphatic heterocycles. The van der Waals surface area contributed by atoms with Gasteiger partial charge >= 0.3 is 0 Å². The molecule has 0 fully saturated rings. The Morgan fingerprint density at radius 2 is 2.00 bits per heavy atom. The number of hydrogen-bond acceptors (Lipinski definition) is 5. The van der Waals surface area contributed by atoms with Crippen molar-refractivity contribution in [3.8, 4) is 17.2 Å². The largest absolute Gasteiger partial charge is 0.497 e. The molecule has 0 saturated carbocycles. The first-order valence-corrected chi connectivity index (χ1v) is 9.15. The zero-order valence-corrected chi connectivity index (χ0v) is 16.1. The van der Waals surface area contributed by atoms with Crippen molar-refractivity contribution in [2.45, 2.75) is 26.2 Å². The van der Waals surface area contributed by atoms with Crippen LogP contribution in [0.5, 0.6) is 5.75 Å². The van der Waals surface area contributed by atoms with E-state index in [0.29, 0.717) is 17.9 Å². The Bertz CT molecular complexity index is 951. The lowest BCUT2D eigenvalue weighted by Gasteiger charge is -2.09. The second-order valence-electron chi connectivity index (χ2n) is 6.04. The van der Waals surface area contributed by atoms with Crippen LogP contribution in [0.25, 0.3) is 22.6 Å². The van der Waals surface area contributed by atoms with Gasteiger partial charge in [-0.25, -0.2) is 4.98 Å². The highest BCUT2D eigenvalue weighted by atomic mass is 32.1. The van der Waals surface area contributed by atoms with Gasteiger partial charge in [-0.2, -0.15) is 0 Å². The number of aromatic nitrogens is 1. The number of carbonyl (C=O) groups excluding carboxylic acids is 1. The number of methoxy groups -OCH3 is 1. The summed E-state index contributed by atoms with van der Waals surface area (Å²) in [5.74, 6) is 1.18. The third-order valence-electron chi connectivity index (χ3n) is 3.99. The summed E-state index contributed by atoms with van der Waals surface area (Å²) in [5, 5.41) is 5.97. The van der Waals surface area contributed by atoms with Crippen LogP contribution in [0.1, 0.15) is 26.2 Å². The van der Waals surface area contributed by atoms with E-state index in [1.165, 1.54) is 0 Å². The minimum atomic E-state index is -0.0760. The summed E-state index contributed by atoms with van der Waals surface area (Å²) < 4.78 is 11.0. The molecule has 1 aromatic heterocycles. The van der Waals surface area contributed by atoms with Gasteiger partial charge in [0.1, 0.15) is 11.3 Å². The number of amides is 1. The highest BCUT2D eigenvalue weighted by Crippen LogP contribution is 2.27. The zero-order valence-electron chi connectivity index (χ0n) is 15.2. The second kappa shape index (κ2) is 8.64. The molecule has 140 valence electrons. The molecular weight excluding hydrogens is 362 g/mol.